The standard InChI is InChI=1S/C28H23N3/c1-19-10-9-11-20(2)27(19)24-15-6-8-17-26(24)31-18-30-25-16-7-5-13-22(25)21-12-3-4-14-23(21)28(30)29-31/h3-17H,18H2,1-2H3. The van der Waals surface area contributed by atoms with E-state index in [2.05, 4.69) is 115 Å². The molecule has 0 N–H and O–H groups in total. The van der Waals surface area contributed by atoms with Gasteiger partial charge in [0.05, 0.1) is 11.4 Å². The van der Waals surface area contributed by atoms with Crippen LogP contribution in [0.1, 0.15) is 16.7 Å². The van der Waals surface area contributed by atoms with Crippen LogP contribution in [0, 0.1) is 13.8 Å². The van der Waals surface area contributed by atoms with E-state index in [4.69, 9.17) is 5.10 Å². The van der Waals surface area contributed by atoms with Crippen LogP contribution in [-0.2, 0) is 0 Å². The predicted molar refractivity (Wildman–Crippen MR) is 130 cm³/mol. The molecular weight excluding hydrogens is 378 g/mol. The van der Waals surface area contributed by atoms with Crippen LogP contribution in [0.4, 0.5) is 11.4 Å². The minimum absolute atomic E-state index is 0.697. The number of benzene rings is 4. The lowest BCUT2D eigenvalue weighted by Crippen LogP contribution is -2.34. The van der Waals surface area contributed by atoms with Crippen molar-refractivity contribution in [3.05, 3.63) is 108 Å². The number of hydrogen-bond donors (Lipinski definition) is 0. The minimum Gasteiger partial charge on any atom is -0.304 e. The minimum atomic E-state index is 0.697. The maximum absolute atomic E-state index is 5.14. The maximum atomic E-state index is 5.14. The van der Waals surface area contributed by atoms with Crippen molar-refractivity contribution in [2.24, 2.45) is 5.10 Å². The average molecular weight is 402 g/mol. The summed E-state index contributed by atoms with van der Waals surface area (Å²) in [5.41, 5.74) is 11.1. The van der Waals surface area contributed by atoms with Gasteiger partial charge < -0.3 is 4.90 Å². The Morgan fingerprint density at radius 2 is 1.16 bits per heavy atom. The fourth-order valence-corrected chi connectivity index (χ4v) is 4.92. The first-order valence-corrected chi connectivity index (χ1v) is 10.7. The Bertz CT molecular complexity index is 1330. The summed E-state index contributed by atoms with van der Waals surface area (Å²) in [4.78, 5) is 2.33. The lowest BCUT2D eigenvalue weighted by molar-refractivity contribution is 0.913. The third kappa shape index (κ3) is 2.70. The van der Waals surface area contributed by atoms with E-state index in [-0.39, 0.29) is 0 Å². The van der Waals surface area contributed by atoms with E-state index < -0.39 is 0 Å². The fraction of sp³-hybridized carbons (Fsp3) is 0.107. The SMILES string of the molecule is Cc1cccc(C)c1-c1ccccc1N1CN2C(=N1)c1ccccc1-c1ccccc12. The number of aryl methyl sites for hydroxylation is 2. The van der Waals surface area contributed by atoms with E-state index in [1.807, 2.05) is 0 Å². The van der Waals surface area contributed by atoms with Crippen LogP contribution in [0.2, 0.25) is 0 Å². The Labute approximate surface area is 182 Å². The predicted octanol–water partition coefficient (Wildman–Crippen LogP) is 6.60. The van der Waals surface area contributed by atoms with Gasteiger partial charge in [-0.15, -0.1) is 0 Å². The number of anilines is 2. The summed E-state index contributed by atoms with van der Waals surface area (Å²) >= 11 is 0. The van der Waals surface area contributed by atoms with E-state index in [9.17, 15) is 0 Å². The first-order chi connectivity index (χ1) is 15.2. The quantitative estimate of drug-likeness (QED) is 0.377. The van der Waals surface area contributed by atoms with Crippen molar-refractivity contribution in [2.45, 2.75) is 13.8 Å². The lowest BCUT2D eigenvalue weighted by atomic mass is 9.93. The van der Waals surface area contributed by atoms with Crippen LogP contribution in [0.15, 0.2) is 96.1 Å². The zero-order valence-corrected chi connectivity index (χ0v) is 17.7. The second-order valence-electron chi connectivity index (χ2n) is 8.24. The molecule has 0 amide bonds. The van der Waals surface area contributed by atoms with E-state index >= 15 is 0 Å². The van der Waals surface area contributed by atoms with Gasteiger partial charge in [0.2, 0.25) is 0 Å². The van der Waals surface area contributed by atoms with Crippen molar-refractivity contribution < 1.29 is 0 Å². The van der Waals surface area contributed by atoms with Gasteiger partial charge in [-0.25, -0.2) is 5.01 Å². The molecular formula is C28H23N3. The molecule has 150 valence electrons. The molecule has 0 atom stereocenters. The van der Waals surface area contributed by atoms with Crippen molar-refractivity contribution in [3.8, 4) is 22.3 Å². The zero-order chi connectivity index (χ0) is 20.9. The van der Waals surface area contributed by atoms with Crippen molar-refractivity contribution in [1.82, 2.24) is 0 Å². The van der Waals surface area contributed by atoms with E-state index in [1.165, 1.54) is 44.6 Å². The molecule has 0 unspecified atom stereocenters. The number of para-hydroxylation sites is 2. The zero-order valence-electron chi connectivity index (χ0n) is 17.7. The molecule has 0 bridgehead atoms. The monoisotopic (exact) mass is 401 g/mol. The Kier molecular flexibility index (Phi) is 3.97. The van der Waals surface area contributed by atoms with Crippen molar-refractivity contribution in [1.29, 1.82) is 0 Å². The summed E-state index contributed by atoms with van der Waals surface area (Å²) in [6.07, 6.45) is 0. The molecule has 3 heteroatoms. The van der Waals surface area contributed by atoms with Gasteiger partial charge in [-0.2, -0.15) is 5.10 Å². The number of nitrogens with zero attached hydrogens (tertiary/aromatic N) is 3. The number of hydrogen-bond acceptors (Lipinski definition) is 3. The molecule has 31 heavy (non-hydrogen) atoms. The summed E-state index contributed by atoms with van der Waals surface area (Å²) < 4.78 is 0. The third-order valence-corrected chi connectivity index (χ3v) is 6.33. The highest BCUT2D eigenvalue weighted by atomic mass is 15.6. The molecule has 0 aliphatic carbocycles. The second-order valence-corrected chi connectivity index (χ2v) is 8.24. The molecule has 2 aliphatic rings. The summed E-state index contributed by atoms with van der Waals surface area (Å²) in [5, 5.41) is 7.29. The molecule has 4 aromatic carbocycles. The molecule has 0 saturated carbocycles. The summed E-state index contributed by atoms with van der Waals surface area (Å²) in [6, 6.07) is 32.3. The van der Waals surface area contributed by atoms with Gasteiger partial charge in [0.1, 0.15) is 6.67 Å². The highest BCUT2D eigenvalue weighted by Gasteiger charge is 2.34. The van der Waals surface area contributed by atoms with Crippen LogP contribution in [0.25, 0.3) is 22.3 Å². The fourth-order valence-electron chi connectivity index (χ4n) is 4.92. The molecule has 0 aromatic heterocycles. The molecule has 2 heterocycles. The van der Waals surface area contributed by atoms with Crippen LogP contribution >= 0.6 is 0 Å². The van der Waals surface area contributed by atoms with Crippen molar-refractivity contribution in [3.63, 3.8) is 0 Å². The van der Waals surface area contributed by atoms with Crippen LogP contribution in [-0.4, -0.2) is 12.5 Å². The Morgan fingerprint density at radius 3 is 1.90 bits per heavy atom. The Balaban J connectivity index is 1.52. The number of amidine groups is 1. The van der Waals surface area contributed by atoms with Gasteiger partial charge in [-0.1, -0.05) is 78.9 Å². The first-order valence-electron chi connectivity index (χ1n) is 10.7. The molecule has 0 spiro atoms. The van der Waals surface area contributed by atoms with Crippen LogP contribution in [0.5, 0.6) is 0 Å². The maximum Gasteiger partial charge on any atom is 0.163 e. The highest BCUT2D eigenvalue weighted by molar-refractivity contribution is 6.20. The first kappa shape index (κ1) is 18.0. The molecule has 0 radical (unpaired) electrons. The normalized spacial score (nSPS) is 14.1. The van der Waals surface area contributed by atoms with Crippen molar-refractivity contribution >= 4 is 17.2 Å². The number of fused-ring (bicyclic) bond motifs is 6. The topological polar surface area (TPSA) is 18.8 Å². The summed E-state index contributed by atoms with van der Waals surface area (Å²) in [7, 11) is 0. The van der Waals surface area contributed by atoms with Crippen LogP contribution in [0.3, 0.4) is 0 Å². The van der Waals surface area contributed by atoms with Crippen LogP contribution < -0.4 is 9.91 Å². The molecule has 2 aliphatic heterocycles. The third-order valence-electron chi connectivity index (χ3n) is 6.33. The van der Waals surface area contributed by atoms with Crippen molar-refractivity contribution in [2.75, 3.05) is 16.6 Å². The van der Waals surface area contributed by atoms with Gasteiger partial charge in [0.15, 0.2) is 5.84 Å². The molecule has 0 fully saturated rings. The van der Waals surface area contributed by atoms with Gasteiger partial charge >= 0.3 is 0 Å². The molecule has 4 aromatic rings. The smallest absolute Gasteiger partial charge is 0.163 e. The van der Waals surface area contributed by atoms with Gasteiger partial charge in [-0.05, 0) is 48.2 Å². The summed E-state index contributed by atoms with van der Waals surface area (Å²) in [5.74, 6) is 1.02. The lowest BCUT2D eigenvalue weighted by Gasteiger charge is -2.29. The van der Waals surface area contributed by atoms with E-state index in [1.54, 1.807) is 0 Å². The second kappa shape index (κ2) is 6.85. The average Bonchev–Trinajstić information content (AvgIpc) is 3.25. The van der Waals surface area contributed by atoms with E-state index in [0.29, 0.717) is 6.67 Å². The number of rotatable bonds is 2. The van der Waals surface area contributed by atoms with Gasteiger partial charge in [0, 0.05) is 16.7 Å². The molecule has 3 nitrogen and oxygen atoms in total. The largest absolute Gasteiger partial charge is 0.304 e. The summed E-state index contributed by atoms with van der Waals surface area (Å²) in [6.45, 7) is 5.07. The molecule has 0 saturated heterocycles. The van der Waals surface area contributed by atoms with Gasteiger partial charge in [-0.3, -0.25) is 0 Å². The van der Waals surface area contributed by atoms with E-state index in [0.717, 1.165) is 11.5 Å². The number of hydrazone groups is 1. The Morgan fingerprint density at radius 1 is 0.581 bits per heavy atom. The Hall–Kier alpha value is -3.85. The highest BCUT2D eigenvalue weighted by Crippen LogP contribution is 2.43. The van der Waals surface area contributed by atoms with Gasteiger partial charge in [0.25, 0.3) is 0 Å². The molecule has 6 rings (SSSR count).